The molecular formula is C24H26F2N2O5S. The molecule has 0 saturated carbocycles. The number of nitrogens with zero attached hydrogens (tertiary/aromatic N) is 2. The fourth-order valence-electron chi connectivity index (χ4n) is 3.83. The maximum atomic E-state index is 14.7. The smallest absolute Gasteiger partial charge is 0.410 e. The molecule has 0 atom stereocenters. The second kappa shape index (κ2) is 10.4. The van der Waals surface area contributed by atoms with Crippen molar-refractivity contribution in [1.82, 2.24) is 9.88 Å². The highest BCUT2D eigenvalue weighted by Gasteiger charge is 2.30. The minimum absolute atomic E-state index is 0.0231. The van der Waals surface area contributed by atoms with E-state index in [1.165, 1.54) is 12.1 Å². The fraction of sp³-hybridized carbons (Fsp3) is 0.417. The first-order valence-corrected chi connectivity index (χ1v) is 11.4. The zero-order valence-electron chi connectivity index (χ0n) is 19.4. The van der Waals surface area contributed by atoms with Gasteiger partial charge in [-0.1, -0.05) is 12.1 Å². The molecule has 0 unspecified atom stereocenters. The first-order chi connectivity index (χ1) is 16.0. The Kier molecular flexibility index (Phi) is 7.81. The van der Waals surface area contributed by atoms with Gasteiger partial charge in [0.1, 0.15) is 16.9 Å². The number of oxazole rings is 1. The van der Waals surface area contributed by atoms with Crippen LogP contribution < -0.4 is 0 Å². The topological polar surface area (TPSA) is 89.7 Å². The Labute approximate surface area is 199 Å². The summed E-state index contributed by atoms with van der Waals surface area (Å²) in [4.78, 5) is 18.4. The van der Waals surface area contributed by atoms with Gasteiger partial charge in [0, 0.05) is 24.6 Å². The molecule has 0 bridgehead atoms. The van der Waals surface area contributed by atoms with Crippen LogP contribution >= 0.6 is 0 Å². The number of amides is 1. The van der Waals surface area contributed by atoms with Crippen LogP contribution in [-0.4, -0.2) is 43.1 Å². The molecule has 1 saturated heterocycles. The standard InChI is InChI=1S/C24H26F2N2O3.O2S/c1-14-5-6-17(18(25)11-14)16-12-19(26)21-20(13-16)27-22(30-21)15-7-9-28(10-8-15)23(29)31-24(2,3)4;1-3-2/h5-6,11-13,15H,7-10H2,1-4H3;. The molecule has 2 heterocycles. The summed E-state index contributed by atoms with van der Waals surface area (Å²) in [5.41, 5.74) is 1.42. The maximum Gasteiger partial charge on any atom is 0.410 e. The van der Waals surface area contributed by atoms with E-state index in [0.29, 0.717) is 48.5 Å². The van der Waals surface area contributed by atoms with Crippen LogP contribution in [0, 0.1) is 18.6 Å². The van der Waals surface area contributed by atoms with E-state index < -0.39 is 28.8 Å². The number of hydrogen-bond acceptors (Lipinski definition) is 6. The Morgan fingerprint density at radius 3 is 2.35 bits per heavy atom. The van der Waals surface area contributed by atoms with Crippen LogP contribution in [0.2, 0.25) is 0 Å². The van der Waals surface area contributed by atoms with Gasteiger partial charge in [0.15, 0.2) is 17.3 Å². The van der Waals surface area contributed by atoms with E-state index in [2.05, 4.69) is 4.98 Å². The van der Waals surface area contributed by atoms with Gasteiger partial charge in [0.25, 0.3) is 0 Å². The van der Waals surface area contributed by atoms with Gasteiger partial charge >= 0.3 is 17.7 Å². The Bertz CT molecular complexity index is 1220. The molecular weight excluding hydrogens is 466 g/mol. The molecule has 3 aromatic rings. The average Bonchev–Trinajstić information content (AvgIpc) is 3.18. The third-order valence-electron chi connectivity index (χ3n) is 5.39. The number of fused-ring (bicyclic) bond motifs is 1. The molecule has 10 heteroatoms. The molecule has 1 aliphatic rings. The summed E-state index contributed by atoms with van der Waals surface area (Å²) in [5.74, 6) is -0.557. The number of carbonyl (C=O) groups is 1. The van der Waals surface area contributed by atoms with Crippen molar-refractivity contribution < 1.29 is 31.1 Å². The van der Waals surface area contributed by atoms with E-state index >= 15 is 0 Å². The van der Waals surface area contributed by atoms with Crippen LogP contribution in [0.1, 0.15) is 51.0 Å². The second-order valence-electron chi connectivity index (χ2n) is 9.15. The number of carbonyl (C=O) groups excluding carboxylic acids is 1. The monoisotopic (exact) mass is 492 g/mol. The highest BCUT2D eigenvalue weighted by Crippen LogP contribution is 2.34. The van der Waals surface area contributed by atoms with Gasteiger partial charge < -0.3 is 14.1 Å². The largest absolute Gasteiger partial charge is 0.444 e. The van der Waals surface area contributed by atoms with Crippen LogP contribution in [0.5, 0.6) is 0 Å². The van der Waals surface area contributed by atoms with Crippen molar-refractivity contribution >= 4 is 28.8 Å². The number of halogens is 2. The number of likely N-dealkylation sites (tertiary alicyclic amines) is 1. The zero-order chi connectivity index (χ0) is 25.0. The first-order valence-electron chi connectivity index (χ1n) is 10.8. The van der Waals surface area contributed by atoms with Gasteiger partial charge in [0.05, 0.1) is 0 Å². The van der Waals surface area contributed by atoms with Crippen LogP contribution in [0.3, 0.4) is 0 Å². The Balaban J connectivity index is 0.00000103. The third kappa shape index (κ3) is 6.05. The van der Waals surface area contributed by atoms with Gasteiger partial charge in [-0.25, -0.2) is 18.6 Å². The molecule has 34 heavy (non-hydrogen) atoms. The van der Waals surface area contributed by atoms with Crippen molar-refractivity contribution in [2.45, 2.75) is 52.1 Å². The molecule has 1 aliphatic heterocycles. The fourth-order valence-corrected chi connectivity index (χ4v) is 3.83. The summed E-state index contributed by atoms with van der Waals surface area (Å²) in [7, 11) is 0. The minimum atomic E-state index is -0.750. The lowest BCUT2D eigenvalue weighted by atomic mass is 9.97. The van der Waals surface area contributed by atoms with E-state index in [1.54, 1.807) is 30.0 Å². The molecule has 7 nitrogen and oxygen atoms in total. The normalized spacial score (nSPS) is 14.5. The van der Waals surface area contributed by atoms with E-state index in [4.69, 9.17) is 17.6 Å². The van der Waals surface area contributed by atoms with Crippen molar-refractivity contribution in [3.05, 3.63) is 53.4 Å². The summed E-state index contributed by atoms with van der Waals surface area (Å²) in [5, 5.41) is 0. The van der Waals surface area contributed by atoms with Gasteiger partial charge in [-0.3, -0.25) is 0 Å². The molecule has 0 radical (unpaired) electrons. The van der Waals surface area contributed by atoms with Crippen LogP contribution in [-0.2, 0) is 16.3 Å². The predicted octanol–water partition coefficient (Wildman–Crippen LogP) is 5.53. The van der Waals surface area contributed by atoms with Gasteiger partial charge in [-0.2, -0.15) is 8.42 Å². The molecule has 4 rings (SSSR count). The summed E-state index contributed by atoms with van der Waals surface area (Å²) in [6.07, 6.45) is 0.958. The molecule has 2 aromatic carbocycles. The SMILES string of the molecule is Cc1ccc(-c2cc(F)c3oc(C4CCN(C(=O)OC(C)(C)C)CC4)nc3c2)c(F)c1.O=S=O. The lowest BCUT2D eigenvalue weighted by Gasteiger charge is -2.32. The van der Waals surface area contributed by atoms with Crippen molar-refractivity contribution in [3.63, 3.8) is 0 Å². The number of rotatable bonds is 2. The molecule has 1 amide bonds. The number of piperidine rings is 1. The number of aromatic nitrogens is 1. The van der Waals surface area contributed by atoms with Crippen molar-refractivity contribution in [2.75, 3.05) is 13.1 Å². The highest BCUT2D eigenvalue weighted by molar-refractivity contribution is 7.51. The number of benzene rings is 2. The lowest BCUT2D eigenvalue weighted by molar-refractivity contribution is 0.0199. The van der Waals surface area contributed by atoms with Crippen molar-refractivity contribution in [3.8, 4) is 11.1 Å². The Morgan fingerprint density at radius 1 is 1.12 bits per heavy atom. The van der Waals surface area contributed by atoms with E-state index in [-0.39, 0.29) is 17.6 Å². The molecule has 0 spiro atoms. The number of hydrogen-bond donors (Lipinski definition) is 0. The highest BCUT2D eigenvalue weighted by atomic mass is 32.1. The van der Waals surface area contributed by atoms with Gasteiger partial charge in [0.2, 0.25) is 0 Å². The summed E-state index contributed by atoms with van der Waals surface area (Å²) >= 11 is -0.750. The first kappa shape index (κ1) is 25.5. The lowest BCUT2D eigenvalue weighted by Crippen LogP contribution is -2.41. The molecule has 0 aliphatic carbocycles. The van der Waals surface area contributed by atoms with E-state index in [9.17, 15) is 13.6 Å². The van der Waals surface area contributed by atoms with Crippen LogP contribution in [0.25, 0.3) is 22.2 Å². The second-order valence-corrected chi connectivity index (χ2v) is 9.29. The number of aryl methyl sites for hydroxylation is 1. The summed E-state index contributed by atoms with van der Waals surface area (Å²) < 4.78 is 56.8. The van der Waals surface area contributed by atoms with Crippen molar-refractivity contribution in [2.24, 2.45) is 0 Å². The Morgan fingerprint density at radius 2 is 1.76 bits per heavy atom. The average molecular weight is 493 g/mol. The molecule has 0 N–H and O–H groups in total. The molecule has 1 fully saturated rings. The summed E-state index contributed by atoms with van der Waals surface area (Å²) in [6.45, 7) is 8.33. The predicted molar refractivity (Wildman–Crippen MR) is 123 cm³/mol. The minimum Gasteiger partial charge on any atom is -0.444 e. The van der Waals surface area contributed by atoms with E-state index in [0.717, 1.165) is 5.56 Å². The van der Waals surface area contributed by atoms with Crippen LogP contribution in [0.15, 0.2) is 34.7 Å². The quantitative estimate of drug-likeness (QED) is 0.468. The van der Waals surface area contributed by atoms with Gasteiger partial charge in [-0.15, -0.1) is 0 Å². The van der Waals surface area contributed by atoms with Gasteiger partial charge in [-0.05, 0) is 69.9 Å². The molecule has 1 aromatic heterocycles. The Hall–Kier alpha value is -3.14. The third-order valence-corrected chi connectivity index (χ3v) is 5.39. The molecule has 182 valence electrons. The van der Waals surface area contributed by atoms with E-state index in [1.807, 2.05) is 20.8 Å². The summed E-state index contributed by atoms with van der Waals surface area (Å²) in [6, 6.07) is 7.76. The van der Waals surface area contributed by atoms with Crippen LogP contribution in [0.4, 0.5) is 13.6 Å². The zero-order valence-corrected chi connectivity index (χ0v) is 20.2. The maximum absolute atomic E-state index is 14.7. The number of ether oxygens (including phenoxy) is 1. The van der Waals surface area contributed by atoms with Crippen molar-refractivity contribution in [1.29, 1.82) is 0 Å².